The van der Waals surface area contributed by atoms with Gasteiger partial charge < -0.3 is 15.0 Å². The second-order valence-electron chi connectivity index (χ2n) is 5.41. The maximum Gasteiger partial charge on any atom is 0.193 e. The Morgan fingerprint density at radius 2 is 2.32 bits per heavy atom. The average molecular weight is 421 g/mol. The number of guanidine groups is 1. The summed E-state index contributed by atoms with van der Waals surface area (Å²) in [6.07, 6.45) is 1.10. The van der Waals surface area contributed by atoms with Crippen molar-refractivity contribution in [3.05, 3.63) is 35.6 Å². The number of hydrogen-bond donors (Lipinski definition) is 1. The zero-order valence-electron chi connectivity index (χ0n) is 13.2. The van der Waals surface area contributed by atoms with E-state index in [0.29, 0.717) is 12.5 Å². The van der Waals surface area contributed by atoms with Crippen LogP contribution in [0.4, 0.5) is 4.39 Å². The Kier molecular flexibility index (Phi) is 8.70. The van der Waals surface area contributed by atoms with E-state index in [1.54, 1.807) is 6.07 Å². The molecule has 1 aromatic rings. The summed E-state index contributed by atoms with van der Waals surface area (Å²) in [4.78, 5) is 6.72. The smallest absolute Gasteiger partial charge is 0.193 e. The molecule has 1 saturated heterocycles. The number of aliphatic imine (C=N–C) groups is 1. The van der Waals surface area contributed by atoms with Crippen molar-refractivity contribution in [2.45, 2.75) is 19.9 Å². The first-order chi connectivity index (χ1) is 10.2. The fraction of sp³-hybridized carbons (Fsp3) is 0.562. The molecule has 1 heterocycles. The molecule has 2 rings (SSSR count). The van der Waals surface area contributed by atoms with Crippen LogP contribution in [0.2, 0.25) is 0 Å². The summed E-state index contributed by atoms with van der Waals surface area (Å²) in [5.41, 5.74) is 0.878. The normalized spacial score (nSPS) is 18.0. The lowest BCUT2D eigenvalue weighted by atomic mass is 10.1. The van der Waals surface area contributed by atoms with Crippen molar-refractivity contribution in [2.24, 2.45) is 10.9 Å². The van der Waals surface area contributed by atoms with Gasteiger partial charge in [0.25, 0.3) is 0 Å². The van der Waals surface area contributed by atoms with Crippen molar-refractivity contribution in [2.75, 3.05) is 33.4 Å². The summed E-state index contributed by atoms with van der Waals surface area (Å²) in [5, 5.41) is 3.28. The van der Waals surface area contributed by atoms with Crippen LogP contribution < -0.4 is 5.32 Å². The Labute approximate surface area is 149 Å². The van der Waals surface area contributed by atoms with E-state index in [0.717, 1.165) is 44.2 Å². The molecule has 0 saturated carbocycles. The molecule has 1 unspecified atom stereocenters. The number of halogens is 2. The summed E-state index contributed by atoms with van der Waals surface area (Å²) in [6.45, 7) is 5.95. The van der Waals surface area contributed by atoms with E-state index in [1.165, 1.54) is 12.1 Å². The molecule has 0 aliphatic carbocycles. The Morgan fingerprint density at radius 3 is 2.95 bits per heavy atom. The highest BCUT2D eigenvalue weighted by Gasteiger charge is 2.18. The summed E-state index contributed by atoms with van der Waals surface area (Å²) in [5.74, 6) is 1.20. The highest BCUT2D eigenvalue weighted by molar-refractivity contribution is 14.0. The largest absolute Gasteiger partial charge is 0.381 e. The minimum Gasteiger partial charge on any atom is -0.381 e. The third-order valence-electron chi connectivity index (χ3n) is 3.55. The molecule has 1 N–H and O–H groups in total. The van der Waals surface area contributed by atoms with Crippen LogP contribution in [0.15, 0.2) is 29.3 Å². The highest BCUT2D eigenvalue weighted by atomic mass is 127. The fourth-order valence-electron chi connectivity index (χ4n) is 2.47. The predicted octanol–water partition coefficient (Wildman–Crippen LogP) is 2.88. The van der Waals surface area contributed by atoms with Crippen molar-refractivity contribution in [1.29, 1.82) is 0 Å². The zero-order valence-corrected chi connectivity index (χ0v) is 15.5. The maximum absolute atomic E-state index is 13.2. The predicted molar refractivity (Wildman–Crippen MR) is 98.2 cm³/mol. The first-order valence-corrected chi connectivity index (χ1v) is 7.50. The van der Waals surface area contributed by atoms with E-state index < -0.39 is 0 Å². The van der Waals surface area contributed by atoms with Crippen LogP contribution in [0.3, 0.4) is 0 Å². The fourth-order valence-corrected chi connectivity index (χ4v) is 2.47. The average Bonchev–Trinajstić information content (AvgIpc) is 2.96. The van der Waals surface area contributed by atoms with Crippen LogP contribution in [-0.4, -0.2) is 44.2 Å². The van der Waals surface area contributed by atoms with E-state index in [-0.39, 0.29) is 29.8 Å². The number of benzene rings is 1. The first-order valence-electron chi connectivity index (χ1n) is 7.50. The Morgan fingerprint density at radius 1 is 1.50 bits per heavy atom. The number of ether oxygens (including phenoxy) is 1. The van der Waals surface area contributed by atoms with Crippen LogP contribution in [0, 0.1) is 11.7 Å². The molecule has 1 aromatic carbocycles. The molecule has 0 aromatic heterocycles. The van der Waals surface area contributed by atoms with Gasteiger partial charge in [-0.05, 0) is 31.0 Å². The molecule has 4 nitrogen and oxygen atoms in total. The van der Waals surface area contributed by atoms with Crippen molar-refractivity contribution >= 4 is 29.9 Å². The molecule has 0 radical (unpaired) electrons. The van der Waals surface area contributed by atoms with Crippen LogP contribution in [0.25, 0.3) is 0 Å². The van der Waals surface area contributed by atoms with Gasteiger partial charge in [-0.3, -0.25) is 0 Å². The van der Waals surface area contributed by atoms with E-state index in [2.05, 4.69) is 15.2 Å². The van der Waals surface area contributed by atoms with Gasteiger partial charge in [0.1, 0.15) is 5.82 Å². The molecule has 22 heavy (non-hydrogen) atoms. The van der Waals surface area contributed by atoms with Crippen LogP contribution in [0.1, 0.15) is 18.9 Å². The maximum atomic E-state index is 13.2. The lowest BCUT2D eigenvalue weighted by Gasteiger charge is -2.24. The molecule has 1 aliphatic heterocycles. The van der Waals surface area contributed by atoms with Gasteiger partial charge in [0.15, 0.2) is 5.96 Å². The Bertz CT molecular complexity index is 478. The van der Waals surface area contributed by atoms with Crippen molar-refractivity contribution in [1.82, 2.24) is 10.2 Å². The van der Waals surface area contributed by atoms with Crippen LogP contribution in [-0.2, 0) is 11.3 Å². The number of nitrogens with one attached hydrogen (secondary N) is 1. The third kappa shape index (κ3) is 6.08. The molecular formula is C16H25FIN3O. The standard InChI is InChI=1S/C16H24FN3O.HI/c1-3-18-16(20(2)11-14-7-8-21-12-14)19-10-13-5-4-6-15(17)9-13;/h4-6,9,14H,3,7-8,10-12H2,1-2H3,(H,18,19);1H. The quantitative estimate of drug-likeness (QED) is 0.452. The first kappa shape index (κ1) is 19.2. The van der Waals surface area contributed by atoms with Gasteiger partial charge in [0.2, 0.25) is 0 Å². The second kappa shape index (κ2) is 9.99. The molecule has 0 amide bonds. The summed E-state index contributed by atoms with van der Waals surface area (Å²) < 4.78 is 18.6. The number of hydrogen-bond acceptors (Lipinski definition) is 2. The van der Waals surface area contributed by atoms with Gasteiger partial charge in [-0.1, -0.05) is 12.1 Å². The molecule has 1 fully saturated rings. The van der Waals surface area contributed by atoms with E-state index in [4.69, 9.17) is 4.74 Å². The summed E-state index contributed by atoms with van der Waals surface area (Å²) in [7, 11) is 2.03. The van der Waals surface area contributed by atoms with Crippen LogP contribution in [0.5, 0.6) is 0 Å². The topological polar surface area (TPSA) is 36.9 Å². The van der Waals surface area contributed by atoms with Crippen molar-refractivity contribution < 1.29 is 9.13 Å². The molecular weight excluding hydrogens is 396 g/mol. The van der Waals surface area contributed by atoms with Crippen LogP contribution >= 0.6 is 24.0 Å². The van der Waals surface area contributed by atoms with Gasteiger partial charge in [0, 0.05) is 32.7 Å². The molecule has 0 bridgehead atoms. The molecule has 0 spiro atoms. The summed E-state index contributed by atoms with van der Waals surface area (Å²) >= 11 is 0. The Hall–Kier alpha value is -0.890. The van der Waals surface area contributed by atoms with Crippen molar-refractivity contribution in [3.63, 3.8) is 0 Å². The molecule has 124 valence electrons. The minimum atomic E-state index is -0.218. The van der Waals surface area contributed by atoms with E-state index >= 15 is 0 Å². The van der Waals surface area contributed by atoms with Gasteiger partial charge in [0.05, 0.1) is 13.2 Å². The monoisotopic (exact) mass is 421 g/mol. The summed E-state index contributed by atoms with van der Waals surface area (Å²) in [6, 6.07) is 6.58. The van der Waals surface area contributed by atoms with Gasteiger partial charge in [-0.25, -0.2) is 9.38 Å². The van der Waals surface area contributed by atoms with Crippen molar-refractivity contribution in [3.8, 4) is 0 Å². The number of rotatable bonds is 5. The van der Waals surface area contributed by atoms with Gasteiger partial charge in [-0.15, -0.1) is 24.0 Å². The van der Waals surface area contributed by atoms with Gasteiger partial charge >= 0.3 is 0 Å². The third-order valence-corrected chi connectivity index (χ3v) is 3.55. The highest BCUT2D eigenvalue weighted by Crippen LogP contribution is 2.13. The molecule has 1 aliphatic rings. The lowest BCUT2D eigenvalue weighted by Crippen LogP contribution is -2.41. The minimum absolute atomic E-state index is 0. The van der Waals surface area contributed by atoms with E-state index in [1.807, 2.05) is 20.0 Å². The lowest BCUT2D eigenvalue weighted by molar-refractivity contribution is 0.181. The number of nitrogens with zero attached hydrogens (tertiary/aromatic N) is 2. The second-order valence-corrected chi connectivity index (χ2v) is 5.41. The Balaban J connectivity index is 0.00000242. The molecule has 1 atom stereocenters. The zero-order chi connectivity index (χ0) is 15.1. The SMILES string of the molecule is CCNC(=NCc1cccc(F)c1)N(C)CC1CCOC1.I. The van der Waals surface area contributed by atoms with E-state index in [9.17, 15) is 4.39 Å². The van der Waals surface area contributed by atoms with Gasteiger partial charge in [-0.2, -0.15) is 0 Å². The molecule has 6 heteroatoms.